The van der Waals surface area contributed by atoms with Gasteiger partial charge in [0.25, 0.3) is 0 Å². The monoisotopic (exact) mass is 399 g/mol. The van der Waals surface area contributed by atoms with Gasteiger partial charge in [0, 0.05) is 16.6 Å². The summed E-state index contributed by atoms with van der Waals surface area (Å²) in [4.78, 5) is 35.3. The maximum Gasteiger partial charge on any atom is 0.408 e. The molecule has 8 heteroatoms. The van der Waals surface area contributed by atoms with Crippen molar-refractivity contribution in [1.82, 2.24) is 5.32 Å². The number of carbonyl (C=O) groups is 3. The molecule has 1 atom stereocenters. The Morgan fingerprint density at radius 1 is 1.29 bits per heavy atom. The van der Waals surface area contributed by atoms with E-state index < -0.39 is 29.6 Å². The van der Waals surface area contributed by atoms with Crippen molar-refractivity contribution in [3.05, 3.63) is 28.7 Å². The van der Waals surface area contributed by atoms with E-state index in [1.165, 1.54) is 0 Å². The van der Waals surface area contributed by atoms with E-state index >= 15 is 0 Å². The second-order valence-corrected chi connectivity index (χ2v) is 7.12. The molecule has 0 fully saturated rings. The van der Waals surface area contributed by atoms with Gasteiger partial charge in [-0.3, -0.25) is 9.59 Å². The molecule has 3 amide bonds. The van der Waals surface area contributed by atoms with Crippen LogP contribution in [0.3, 0.4) is 0 Å². The molecule has 4 N–H and O–H groups in total. The van der Waals surface area contributed by atoms with E-state index in [1.54, 1.807) is 39.0 Å². The zero-order valence-electron chi connectivity index (χ0n) is 13.9. The van der Waals surface area contributed by atoms with E-state index in [1.807, 2.05) is 6.07 Å². The molecular formula is C16H22BrN3O4. The maximum atomic E-state index is 12.4. The van der Waals surface area contributed by atoms with E-state index in [2.05, 4.69) is 26.6 Å². The first-order valence-corrected chi connectivity index (χ1v) is 8.20. The third-order valence-corrected chi connectivity index (χ3v) is 3.27. The highest BCUT2D eigenvalue weighted by atomic mass is 79.9. The van der Waals surface area contributed by atoms with Crippen LogP contribution >= 0.6 is 15.9 Å². The van der Waals surface area contributed by atoms with E-state index in [9.17, 15) is 14.4 Å². The largest absolute Gasteiger partial charge is 0.444 e. The number of ether oxygens (including phenoxy) is 1. The van der Waals surface area contributed by atoms with Crippen LogP contribution in [0.2, 0.25) is 0 Å². The first-order chi connectivity index (χ1) is 11.1. The number of halogens is 1. The van der Waals surface area contributed by atoms with Crippen LogP contribution in [0.5, 0.6) is 0 Å². The molecule has 0 aliphatic rings. The van der Waals surface area contributed by atoms with Crippen molar-refractivity contribution in [2.24, 2.45) is 5.73 Å². The molecule has 0 radical (unpaired) electrons. The van der Waals surface area contributed by atoms with Crippen molar-refractivity contribution in [3.8, 4) is 0 Å². The molecule has 7 nitrogen and oxygen atoms in total. The number of carbonyl (C=O) groups excluding carboxylic acids is 3. The Kier molecular flexibility index (Phi) is 7.21. The Morgan fingerprint density at radius 2 is 1.96 bits per heavy atom. The van der Waals surface area contributed by atoms with Gasteiger partial charge < -0.3 is 21.1 Å². The Morgan fingerprint density at radius 3 is 2.50 bits per heavy atom. The normalized spacial score (nSPS) is 12.2. The number of primary amides is 1. The smallest absolute Gasteiger partial charge is 0.408 e. The lowest BCUT2D eigenvalue weighted by molar-refractivity contribution is -0.119. The summed E-state index contributed by atoms with van der Waals surface area (Å²) in [5.41, 5.74) is 4.99. The summed E-state index contributed by atoms with van der Waals surface area (Å²) in [5, 5.41) is 5.15. The fourth-order valence-electron chi connectivity index (χ4n) is 1.80. The van der Waals surface area contributed by atoms with Gasteiger partial charge in [0.15, 0.2) is 0 Å². The quantitative estimate of drug-likeness (QED) is 0.682. The Bertz CT molecular complexity index is 614. The number of hydrogen-bond acceptors (Lipinski definition) is 4. The van der Waals surface area contributed by atoms with Gasteiger partial charge in [-0.1, -0.05) is 22.0 Å². The van der Waals surface area contributed by atoms with E-state index in [0.717, 1.165) is 4.47 Å². The van der Waals surface area contributed by atoms with Crippen LogP contribution in [0, 0.1) is 0 Å². The van der Waals surface area contributed by atoms with Gasteiger partial charge in [-0.15, -0.1) is 0 Å². The Labute approximate surface area is 149 Å². The lowest BCUT2D eigenvalue weighted by Gasteiger charge is -2.23. The van der Waals surface area contributed by atoms with Gasteiger partial charge in [-0.25, -0.2) is 4.79 Å². The van der Waals surface area contributed by atoms with Crippen LogP contribution in [0.1, 0.15) is 33.6 Å². The Hall–Kier alpha value is -2.09. The van der Waals surface area contributed by atoms with Gasteiger partial charge in [-0.05, 0) is 45.4 Å². The molecular weight excluding hydrogens is 378 g/mol. The number of nitrogens with one attached hydrogen (secondary N) is 2. The van der Waals surface area contributed by atoms with Crippen LogP contribution in [0.4, 0.5) is 10.5 Å². The molecule has 0 spiro atoms. The highest BCUT2D eigenvalue weighted by Crippen LogP contribution is 2.16. The number of alkyl carbamates (subject to hydrolysis) is 1. The van der Waals surface area contributed by atoms with Crippen molar-refractivity contribution in [1.29, 1.82) is 0 Å². The summed E-state index contributed by atoms with van der Waals surface area (Å²) in [6.45, 7) is 5.14. The summed E-state index contributed by atoms with van der Waals surface area (Å²) in [6, 6.07) is 6.07. The third-order valence-electron chi connectivity index (χ3n) is 2.78. The van der Waals surface area contributed by atoms with Crippen molar-refractivity contribution in [2.45, 2.75) is 45.3 Å². The zero-order chi connectivity index (χ0) is 18.3. The van der Waals surface area contributed by atoms with Gasteiger partial charge in [0.05, 0.1) is 0 Å². The van der Waals surface area contributed by atoms with E-state index in [0.29, 0.717) is 5.69 Å². The number of hydrogen-bond donors (Lipinski definition) is 3. The molecule has 1 aromatic carbocycles. The third kappa shape index (κ3) is 7.96. The molecule has 0 aliphatic heterocycles. The van der Waals surface area contributed by atoms with E-state index in [4.69, 9.17) is 10.5 Å². The molecule has 0 unspecified atom stereocenters. The molecule has 132 valence electrons. The minimum Gasteiger partial charge on any atom is -0.444 e. The number of benzene rings is 1. The fraction of sp³-hybridized carbons (Fsp3) is 0.438. The minimum absolute atomic E-state index is 0.0353. The standard InChI is InChI=1S/C16H22BrN3O4/c1-16(2,3)24-15(23)20-12(7-8-13(18)21)14(22)19-11-6-4-5-10(17)9-11/h4-6,9,12H,7-8H2,1-3H3,(H2,18,21)(H,19,22)(H,20,23)/t12-/m0/s1. The average molecular weight is 400 g/mol. The summed E-state index contributed by atoms with van der Waals surface area (Å²) in [5.74, 6) is -1.01. The number of amides is 3. The maximum absolute atomic E-state index is 12.4. The van der Waals surface area contributed by atoms with Crippen LogP contribution in [-0.2, 0) is 14.3 Å². The van der Waals surface area contributed by atoms with Crippen LogP contribution < -0.4 is 16.4 Å². The Balaban J connectivity index is 2.77. The fourth-order valence-corrected chi connectivity index (χ4v) is 2.20. The molecule has 0 saturated heterocycles. The molecule has 0 saturated carbocycles. The summed E-state index contributed by atoms with van der Waals surface area (Å²) in [6.07, 6.45) is -0.692. The first-order valence-electron chi connectivity index (χ1n) is 7.41. The number of rotatable bonds is 6. The van der Waals surface area contributed by atoms with Gasteiger partial charge in [0.2, 0.25) is 11.8 Å². The molecule has 24 heavy (non-hydrogen) atoms. The van der Waals surface area contributed by atoms with Crippen molar-refractivity contribution in [3.63, 3.8) is 0 Å². The lowest BCUT2D eigenvalue weighted by atomic mass is 10.1. The van der Waals surface area contributed by atoms with Gasteiger partial charge in [-0.2, -0.15) is 0 Å². The topological polar surface area (TPSA) is 111 Å². The van der Waals surface area contributed by atoms with E-state index in [-0.39, 0.29) is 12.8 Å². The SMILES string of the molecule is CC(C)(C)OC(=O)N[C@@H](CCC(N)=O)C(=O)Nc1cccc(Br)c1. The zero-order valence-corrected chi connectivity index (χ0v) is 15.5. The molecule has 0 aliphatic carbocycles. The summed E-state index contributed by atoms with van der Waals surface area (Å²) in [7, 11) is 0. The highest BCUT2D eigenvalue weighted by Gasteiger charge is 2.24. The molecule has 0 aromatic heterocycles. The number of anilines is 1. The average Bonchev–Trinajstić information content (AvgIpc) is 2.41. The second-order valence-electron chi connectivity index (χ2n) is 6.20. The van der Waals surface area contributed by atoms with Crippen molar-refractivity contribution in [2.75, 3.05) is 5.32 Å². The van der Waals surface area contributed by atoms with Crippen molar-refractivity contribution < 1.29 is 19.1 Å². The highest BCUT2D eigenvalue weighted by molar-refractivity contribution is 9.10. The summed E-state index contributed by atoms with van der Waals surface area (Å²) >= 11 is 3.31. The summed E-state index contributed by atoms with van der Waals surface area (Å²) < 4.78 is 5.94. The molecule has 1 rings (SSSR count). The second kappa shape index (κ2) is 8.68. The van der Waals surface area contributed by atoms with Crippen LogP contribution in [0.25, 0.3) is 0 Å². The van der Waals surface area contributed by atoms with Gasteiger partial charge >= 0.3 is 6.09 Å². The van der Waals surface area contributed by atoms with Crippen molar-refractivity contribution >= 4 is 39.5 Å². The lowest BCUT2D eigenvalue weighted by Crippen LogP contribution is -2.46. The molecule has 0 heterocycles. The minimum atomic E-state index is -0.939. The predicted octanol–water partition coefficient (Wildman–Crippen LogP) is 2.55. The molecule has 1 aromatic rings. The first kappa shape index (κ1) is 20.0. The van der Waals surface area contributed by atoms with Crippen LogP contribution in [0.15, 0.2) is 28.7 Å². The predicted molar refractivity (Wildman–Crippen MR) is 94.4 cm³/mol. The van der Waals surface area contributed by atoms with Crippen LogP contribution in [-0.4, -0.2) is 29.6 Å². The molecule has 0 bridgehead atoms. The number of nitrogens with two attached hydrogens (primary N) is 1. The van der Waals surface area contributed by atoms with Gasteiger partial charge in [0.1, 0.15) is 11.6 Å².